The summed E-state index contributed by atoms with van der Waals surface area (Å²) in [5.74, 6) is -0.262. The highest BCUT2D eigenvalue weighted by Gasteiger charge is 2.21. The second-order valence-corrected chi connectivity index (χ2v) is 10.8. The highest BCUT2D eigenvalue weighted by Crippen LogP contribution is 2.21. The Morgan fingerprint density at radius 1 is 0.935 bits per heavy atom. The molecule has 170 valence electrons. The highest BCUT2D eigenvalue weighted by molar-refractivity contribution is 7.89. The normalized spacial score (nSPS) is 12.2. The molecule has 0 radical (unpaired) electrons. The van der Waals surface area contributed by atoms with Gasteiger partial charge in [-0.2, -0.15) is 4.31 Å². The molecule has 0 aromatic heterocycles. The van der Waals surface area contributed by atoms with E-state index in [4.69, 9.17) is 0 Å². The number of nitrogens with one attached hydrogen (secondary N) is 2. The third kappa shape index (κ3) is 6.13. The molecule has 0 saturated carbocycles. The van der Waals surface area contributed by atoms with Gasteiger partial charge in [-0.05, 0) is 55.8 Å². The van der Waals surface area contributed by atoms with E-state index in [9.17, 15) is 21.6 Å². The van der Waals surface area contributed by atoms with Crippen molar-refractivity contribution in [1.29, 1.82) is 0 Å². The molecule has 1 amide bonds. The minimum atomic E-state index is -3.61. The Hall–Kier alpha value is -2.27. The van der Waals surface area contributed by atoms with Gasteiger partial charge in [-0.15, -0.1) is 0 Å². The summed E-state index contributed by atoms with van der Waals surface area (Å²) in [4.78, 5) is 12.7. The first kappa shape index (κ1) is 25.0. The van der Waals surface area contributed by atoms with Crippen LogP contribution in [0, 0.1) is 6.92 Å². The molecule has 0 aliphatic rings. The van der Waals surface area contributed by atoms with Crippen LogP contribution in [0.25, 0.3) is 0 Å². The summed E-state index contributed by atoms with van der Waals surface area (Å²) >= 11 is 0. The number of hydrogen-bond donors (Lipinski definition) is 2. The van der Waals surface area contributed by atoms with Gasteiger partial charge in [-0.3, -0.25) is 4.79 Å². The van der Waals surface area contributed by atoms with Crippen molar-refractivity contribution in [3.8, 4) is 0 Å². The van der Waals surface area contributed by atoms with E-state index in [0.29, 0.717) is 25.2 Å². The van der Waals surface area contributed by atoms with Crippen LogP contribution in [0.15, 0.2) is 52.3 Å². The van der Waals surface area contributed by atoms with E-state index in [2.05, 4.69) is 10.0 Å². The molecule has 0 heterocycles. The van der Waals surface area contributed by atoms with Gasteiger partial charge in [0.25, 0.3) is 0 Å². The van der Waals surface area contributed by atoms with Crippen molar-refractivity contribution in [2.45, 2.75) is 43.4 Å². The van der Waals surface area contributed by atoms with Crippen molar-refractivity contribution in [3.63, 3.8) is 0 Å². The van der Waals surface area contributed by atoms with Crippen LogP contribution < -0.4 is 10.0 Å². The van der Waals surface area contributed by atoms with Gasteiger partial charge >= 0.3 is 0 Å². The van der Waals surface area contributed by atoms with Crippen LogP contribution in [0.3, 0.4) is 0 Å². The number of aryl methyl sites for hydroxylation is 2. The van der Waals surface area contributed by atoms with Gasteiger partial charge in [-0.1, -0.05) is 32.0 Å². The molecule has 31 heavy (non-hydrogen) atoms. The Labute approximate surface area is 184 Å². The van der Waals surface area contributed by atoms with Crippen LogP contribution >= 0.6 is 0 Å². The van der Waals surface area contributed by atoms with E-state index >= 15 is 0 Å². The Kier molecular flexibility index (Phi) is 8.35. The molecule has 2 aromatic rings. The average molecular weight is 468 g/mol. The number of carbonyl (C=O) groups excluding carboxylic acids is 1. The van der Waals surface area contributed by atoms with Gasteiger partial charge in [0.1, 0.15) is 0 Å². The highest BCUT2D eigenvalue weighted by atomic mass is 32.2. The van der Waals surface area contributed by atoms with Gasteiger partial charge in [0.15, 0.2) is 0 Å². The molecule has 0 aliphatic heterocycles. The van der Waals surface area contributed by atoms with Crippen molar-refractivity contribution >= 4 is 31.6 Å². The zero-order valence-electron chi connectivity index (χ0n) is 18.2. The van der Waals surface area contributed by atoms with E-state index in [1.807, 2.05) is 0 Å². The second kappa shape index (κ2) is 10.4. The zero-order valence-corrected chi connectivity index (χ0v) is 19.8. The molecular weight excluding hydrogens is 438 g/mol. The molecule has 0 fully saturated rings. The number of sulfonamides is 2. The molecule has 2 aromatic carbocycles. The summed E-state index contributed by atoms with van der Waals surface area (Å²) in [6, 6.07) is 11.0. The van der Waals surface area contributed by atoms with Gasteiger partial charge in [0.2, 0.25) is 26.0 Å². The first-order valence-electron chi connectivity index (χ1n) is 9.98. The molecular formula is C21H29N3O5S2. The van der Waals surface area contributed by atoms with Crippen molar-refractivity contribution in [2.24, 2.45) is 0 Å². The van der Waals surface area contributed by atoms with Gasteiger partial charge in [0.05, 0.1) is 9.79 Å². The molecule has 0 atom stereocenters. The van der Waals surface area contributed by atoms with Crippen molar-refractivity contribution in [3.05, 3.63) is 53.6 Å². The lowest BCUT2D eigenvalue weighted by Gasteiger charge is -2.18. The van der Waals surface area contributed by atoms with Crippen LogP contribution in [0.1, 0.15) is 31.4 Å². The Bertz CT molecular complexity index is 1120. The van der Waals surface area contributed by atoms with Crippen LogP contribution in [0.2, 0.25) is 0 Å². The van der Waals surface area contributed by atoms with Crippen LogP contribution in [-0.4, -0.2) is 47.2 Å². The Morgan fingerprint density at radius 2 is 1.52 bits per heavy atom. The SMILES string of the molecule is CCN(CC)S(=O)(=O)c1ccc(CCC(=O)Nc2cc(S(=O)(=O)NC)ccc2C)cc1. The topological polar surface area (TPSA) is 113 Å². The standard InChI is InChI=1S/C21H29N3O5S2/c1-5-24(6-2)31(28,29)18-12-8-17(9-13-18)10-14-21(25)23-20-15-19(11-7-16(20)3)30(26,27)22-4/h7-9,11-13,15,22H,5-6,10,14H2,1-4H3,(H,23,25). The maximum Gasteiger partial charge on any atom is 0.243 e. The largest absolute Gasteiger partial charge is 0.326 e. The first-order chi connectivity index (χ1) is 14.5. The van der Waals surface area contributed by atoms with E-state index in [-0.39, 0.29) is 22.1 Å². The number of nitrogens with zero attached hydrogens (tertiary/aromatic N) is 1. The van der Waals surface area contributed by atoms with Crippen LogP contribution in [0.5, 0.6) is 0 Å². The number of rotatable bonds is 10. The summed E-state index contributed by atoms with van der Waals surface area (Å²) in [5, 5.41) is 2.75. The minimum absolute atomic E-state index is 0.0703. The van der Waals surface area contributed by atoms with Gasteiger partial charge < -0.3 is 5.32 Å². The summed E-state index contributed by atoms with van der Waals surface area (Å²) in [7, 11) is -5.80. The Morgan fingerprint density at radius 3 is 2.06 bits per heavy atom. The maximum atomic E-state index is 12.5. The molecule has 2 N–H and O–H groups in total. The molecule has 8 nitrogen and oxygen atoms in total. The Balaban J connectivity index is 2.05. The zero-order chi connectivity index (χ0) is 23.2. The molecule has 0 bridgehead atoms. The smallest absolute Gasteiger partial charge is 0.243 e. The third-order valence-corrected chi connectivity index (χ3v) is 8.45. The predicted octanol–water partition coefficient (Wildman–Crippen LogP) is 2.50. The maximum absolute atomic E-state index is 12.5. The molecule has 0 unspecified atom stereocenters. The second-order valence-electron chi connectivity index (χ2n) is 6.97. The molecule has 10 heteroatoms. The molecule has 0 spiro atoms. The lowest BCUT2D eigenvalue weighted by Crippen LogP contribution is -2.30. The fraction of sp³-hybridized carbons (Fsp3) is 0.381. The number of carbonyl (C=O) groups is 1. The summed E-state index contributed by atoms with van der Waals surface area (Å²) in [6.07, 6.45) is 0.593. The summed E-state index contributed by atoms with van der Waals surface area (Å²) < 4.78 is 52.7. The number of anilines is 1. The van der Waals surface area contributed by atoms with E-state index in [1.165, 1.54) is 23.5 Å². The van der Waals surface area contributed by atoms with Gasteiger partial charge in [0, 0.05) is 25.2 Å². The van der Waals surface area contributed by atoms with Crippen molar-refractivity contribution < 1.29 is 21.6 Å². The number of amides is 1. The van der Waals surface area contributed by atoms with Gasteiger partial charge in [-0.25, -0.2) is 21.6 Å². The lowest BCUT2D eigenvalue weighted by molar-refractivity contribution is -0.116. The van der Waals surface area contributed by atoms with Crippen LogP contribution in [0.4, 0.5) is 5.69 Å². The number of hydrogen-bond acceptors (Lipinski definition) is 5. The lowest BCUT2D eigenvalue weighted by atomic mass is 10.1. The first-order valence-corrected chi connectivity index (χ1v) is 12.9. The van der Waals surface area contributed by atoms with Crippen molar-refractivity contribution in [2.75, 3.05) is 25.5 Å². The summed E-state index contributed by atoms with van der Waals surface area (Å²) in [5.41, 5.74) is 2.01. The van der Waals surface area contributed by atoms with E-state index < -0.39 is 20.0 Å². The van der Waals surface area contributed by atoms with E-state index in [0.717, 1.165) is 11.1 Å². The van der Waals surface area contributed by atoms with E-state index in [1.54, 1.807) is 51.1 Å². The fourth-order valence-corrected chi connectivity index (χ4v) is 5.25. The summed E-state index contributed by atoms with van der Waals surface area (Å²) in [6.45, 7) is 6.16. The predicted molar refractivity (Wildman–Crippen MR) is 121 cm³/mol. The molecule has 0 saturated heterocycles. The van der Waals surface area contributed by atoms with Crippen LogP contribution in [-0.2, 0) is 31.3 Å². The third-order valence-electron chi connectivity index (χ3n) is 4.97. The monoisotopic (exact) mass is 467 g/mol. The number of benzene rings is 2. The van der Waals surface area contributed by atoms with Crippen molar-refractivity contribution in [1.82, 2.24) is 9.03 Å². The molecule has 2 rings (SSSR count). The quantitative estimate of drug-likeness (QED) is 0.557. The fourth-order valence-electron chi connectivity index (χ4n) is 3.03. The minimum Gasteiger partial charge on any atom is -0.326 e. The average Bonchev–Trinajstić information content (AvgIpc) is 2.74. The molecule has 0 aliphatic carbocycles.